The molecule has 1 rings (SSSR count). The zero-order chi connectivity index (χ0) is 15.2. The van der Waals surface area contributed by atoms with Gasteiger partial charge in [0.1, 0.15) is 0 Å². The zero-order valence-corrected chi connectivity index (χ0v) is 14.4. The minimum absolute atomic E-state index is 0.223. The Hall–Kier alpha value is -0.300. The van der Waals surface area contributed by atoms with Crippen molar-refractivity contribution in [2.45, 2.75) is 115 Å². The maximum absolute atomic E-state index is 9.72. The van der Waals surface area contributed by atoms with Crippen molar-refractivity contribution in [2.24, 2.45) is 0 Å². The van der Waals surface area contributed by atoms with E-state index in [9.17, 15) is 5.11 Å². The fraction of sp³-hybridized carbons (Fsp3) is 0.900. The Bertz CT molecular complexity index is 253. The number of hydrogen-bond acceptors (Lipinski definition) is 1. The van der Waals surface area contributed by atoms with Crippen molar-refractivity contribution in [3.63, 3.8) is 0 Å². The van der Waals surface area contributed by atoms with Crippen molar-refractivity contribution in [3.05, 3.63) is 12.2 Å². The van der Waals surface area contributed by atoms with Crippen molar-refractivity contribution in [1.29, 1.82) is 0 Å². The number of allylic oxidation sites excluding steroid dienone is 2. The van der Waals surface area contributed by atoms with E-state index in [-0.39, 0.29) is 5.60 Å². The number of unbranched alkanes of at least 4 members (excludes halogenated alkanes) is 11. The Labute approximate surface area is 133 Å². The molecule has 1 N–H and O–H groups in total. The van der Waals surface area contributed by atoms with Gasteiger partial charge in [-0.1, -0.05) is 76.9 Å². The summed E-state index contributed by atoms with van der Waals surface area (Å²) in [7, 11) is 0. The van der Waals surface area contributed by atoms with Crippen LogP contribution in [-0.4, -0.2) is 10.7 Å². The summed E-state index contributed by atoms with van der Waals surface area (Å²) < 4.78 is 0. The Kier molecular flexibility index (Phi) is 10.9. The van der Waals surface area contributed by atoms with E-state index in [4.69, 9.17) is 0 Å². The molecule has 0 saturated heterocycles. The van der Waals surface area contributed by atoms with E-state index in [1.54, 1.807) is 0 Å². The van der Waals surface area contributed by atoms with Gasteiger partial charge in [0.2, 0.25) is 0 Å². The van der Waals surface area contributed by atoms with Gasteiger partial charge in [0.05, 0.1) is 5.60 Å². The summed E-state index contributed by atoms with van der Waals surface area (Å²) in [5.74, 6) is 0. The van der Waals surface area contributed by atoms with Crippen LogP contribution in [0.15, 0.2) is 12.2 Å². The first-order valence-corrected chi connectivity index (χ1v) is 9.64. The molecular formula is C20H38O. The van der Waals surface area contributed by atoms with E-state index >= 15 is 0 Å². The minimum atomic E-state index is -0.223. The third-order valence-corrected chi connectivity index (χ3v) is 4.73. The lowest BCUT2D eigenvalue weighted by atomic mass is 10.1. The van der Waals surface area contributed by atoms with Gasteiger partial charge in [0, 0.05) is 0 Å². The summed E-state index contributed by atoms with van der Waals surface area (Å²) in [4.78, 5) is 0. The second-order valence-corrected chi connectivity index (χ2v) is 7.06. The molecule has 0 aromatic carbocycles. The van der Waals surface area contributed by atoms with E-state index in [0.29, 0.717) is 0 Å². The van der Waals surface area contributed by atoms with Gasteiger partial charge in [-0.15, -0.1) is 0 Å². The molecule has 0 amide bonds. The van der Waals surface area contributed by atoms with Crippen LogP contribution in [0, 0.1) is 0 Å². The number of aliphatic hydroxyl groups is 1. The van der Waals surface area contributed by atoms with E-state index < -0.39 is 0 Å². The second-order valence-electron chi connectivity index (χ2n) is 7.06. The summed E-state index contributed by atoms with van der Waals surface area (Å²) in [5.41, 5.74) is -0.223. The average molecular weight is 295 g/mol. The van der Waals surface area contributed by atoms with Gasteiger partial charge in [-0.25, -0.2) is 0 Å². The molecule has 0 aliphatic heterocycles. The molecule has 0 spiro atoms. The molecule has 0 aromatic rings. The van der Waals surface area contributed by atoms with Gasteiger partial charge in [-0.2, -0.15) is 0 Å². The van der Waals surface area contributed by atoms with Gasteiger partial charge < -0.3 is 5.11 Å². The fourth-order valence-corrected chi connectivity index (χ4v) is 2.92. The highest BCUT2D eigenvalue weighted by Crippen LogP contribution is 2.39. The lowest BCUT2D eigenvalue weighted by Crippen LogP contribution is -2.05. The SMILES string of the molecule is CCCCCCCCC=CCCCCCCCC1(O)CC1. The molecule has 124 valence electrons. The van der Waals surface area contributed by atoms with Crippen LogP contribution >= 0.6 is 0 Å². The topological polar surface area (TPSA) is 20.2 Å². The minimum Gasteiger partial charge on any atom is -0.390 e. The first-order chi connectivity index (χ1) is 10.3. The molecule has 0 unspecified atom stereocenters. The molecule has 0 heterocycles. The lowest BCUT2D eigenvalue weighted by Gasteiger charge is -2.06. The summed E-state index contributed by atoms with van der Waals surface area (Å²) in [6.07, 6.45) is 25.5. The molecule has 0 atom stereocenters. The molecule has 1 heteroatoms. The summed E-state index contributed by atoms with van der Waals surface area (Å²) in [6.45, 7) is 2.28. The highest BCUT2D eigenvalue weighted by atomic mass is 16.3. The molecule has 1 nitrogen and oxygen atoms in total. The predicted octanol–water partition coefficient (Wildman–Crippen LogP) is 6.55. The summed E-state index contributed by atoms with van der Waals surface area (Å²) >= 11 is 0. The van der Waals surface area contributed by atoms with Crippen LogP contribution < -0.4 is 0 Å². The monoisotopic (exact) mass is 294 g/mol. The lowest BCUT2D eigenvalue weighted by molar-refractivity contribution is 0.136. The van der Waals surface area contributed by atoms with E-state index in [1.165, 1.54) is 83.5 Å². The van der Waals surface area contributed by atoms with Crippen LogP contribution in [0.25, 0.3) is 0 Å². The molecule has 21 heavy (non-hydrogen) atoms. The number of hydrogen-bond donors (Lipinski definition) is 1. The molecule has 1 saturated carbocycles. The van der Waals surface area contributed by atoms with Crippen molar-refractivity contribution >= 4 is 0 Å². The Morgan fingerprint density at radius 1 is 0.714 bits per heavy atom. The average Bonchev–Trinajstić information content (AvgIpc) is 3.21. The first-order valence-electron chi connectivity index (χ1n) is 9.64. The smallest absolute Gasteiger partial charge is 0.0650 e. The van der Waals surface area contributed by atoms with Gasteiger partial charge in [-0.3, -0.25) is 0 Å². The van der Waals surface area contributed by atoms with Crippen LogP contribution in [-0.2, 0) is 0 Å². The first kappa shape index (κ1) is 18.7. The fourth-order valence-electron chi connectivity index (χ4n) is 2.92. The molecule has 1 aliphatic carbocycles. The highest BCUT2D eigenvalue weighted by Gasteiger charge is 2.38. The Morgan fingerprint density at radius 3 is 1.71 bits per heavy atom. The normalized spacial score (nSPS) is 16.7. The van der Waals surface area contributed by atoms with Crippen molar-refractivity contribution in [3.8, 4) is 0 Å². The molecule has 0 aromatic heterocycles. The largest absolute Gasteiger partial charge is 0.390 e. The molecular weight excluding hydrogens is 256 g/mol. The van der Waals surface area contributed by atoms with E-state index in [0.717, 1.165) is 19.3 Å². The van der Waals surface area contributed by atoms with Gasteiger partial charge >= 0.3 is 0 Å². The molecule has 0 bridgehead atoms. The van der Waals surface area contributed by atoms with E-state index in [2.05, 4.69) is 19.1 Å². The van der Waals surface area contributed by atoms with Crippen LogP contribution in [0.2, 0.25) is 0 Å². The van der Waals surface area contributed by atoms with Crippen LogP contribution in [0.1, 0.15) is 110 Å². The third-order valence-electron chi connectivity index (χ3n) is 4.73. The molecule has 0 radical (unpaired) electrons. The van der Waals surface area contributed by atoms with Crippen LogP contribution in [0.4, 0.5) is 0 Å². The molecule has 1 fully saturated rings. The van der Waals surface area contributed by atoms with Gasteiger partial charge in [0.15, 0.2) is 0 Å². The van der Waals surface area contributed by atoms with Crippen molar-refractivity contribution in [2.75, 3.05) is 0 Å². The highest BCUT2D eigenvalue weighted by molar-refractivity contribution is 4.92. The quantitative estimate of drug-likeness (QED) is 0.268. The van der Waals surface area contributed by atoms with Gasteiger partial charge in [0.25, 0.3) is 0 Å². The Morgan fingerprint density at radius 2 is 1.19 bits per heavy atom. The summed E-state index contributed by atoms with van der Waals surface area (Å²) in [5, 5.41) is 9.72. The number of rotatable bonds is 15. The maximum atomic E-state index is 9.72. The summed E-state index contributed by atoms with van der Waals surface area (Å²) in [6, 6.07) is 0. The van der Waals surface area contributed by atoms with Gasteiger partial charge in [-0.05, 0) is 44.9 Å². The standard InChI is InChI=1S/C20H38O/c1-2-3-4-5-6-7-8-9-10-11-12-13-14-15-16-17-20(21)18-19-20/h9-10,21H,2-8,11-19H2,1H3. The van der Waals surface area contributed by atoms with Crippen LogP contribution in [0.3, 0.4) is 0 Å². The Balaban J connectivity index is 1.70. The third kappa shape index (κ3) is 12.0. The second kappa shape index (κ2) is 12.3. The van der Waals surface area contributed by atoms with E-state index in [1.807, 2.05) is 0 Å². The van der Waals surface area contributed by atoms with Crippen molar-refractivity contribution in [1.82, 2.24) is 0 Å². The zero-order valence-electron chi connectivity index (χ0n) is 14.4. The maximum Gasteiger partial charge on any atom is 0.0650 e. The molecule has 1 aliphatic rings. The van der Waals surface area contributed by atoms with Crippen LogP contribution in [0.5, 0.6) is 0 Å². The van der Waals surface area contributed by atoms with Crippen molar-refractivity contribution < 1.29 is 5.11 Å². The predicted molar refractivity (Wildman–Crippen MR) is 93.6 cm³/mol.